The highest BCUT2D eigenvalue weighted by atomic mass is 16.4. The Hall–Kier alpha value is -2.90. The van der Waals surface area contributed by atoms with Crippen LogP contribution in [0.3, 0.4) is 0 Å². The van der Waals surface area contributed by atoms with Crippen molar-refractivity contribution >= 4 is 23.8 Å². The Morgan fingerprint density at radius 1 is 1.20 bits per heavy atom. The molecule has 134 valence electrons. The van der Waals surface area contributed by atoms with E-state index >= 15 is 0 Å². The van der Waals surface area contributed by atoms with Crippen molar-refractivity contribution in [1.29, 1.82) is 0 Å². The van der Waals surface area contributed by atoms with Crippen LogP contribution in [-0.2, 0) is 15.1 Å². The minimum absolute atomic E-state index is 0.124. The first-order valence-corrected chi connectivity index (χ1v) is 7.88. The zero-order chi connectivity index (χ0) is 18.8. The van der Waals surface area contributed by atoms with E-state index in [4.69, 9.17) is 5.11 Å². The Kier molecular flexibility index (Phi) is 5.10. The first-order chi connectivity index (χ1) is 11.6. The zero-order valence-corrected chi connectivity index (χ0v) is 14.3. The van der Waals surface area contributed by atoms with Gasteiger partial charge in [-0.15, -0.1) is 0 Å². The topological polar surface area (TPSA) is 116 Å². The van der Waals surface area contributed by atoms with Gasteiger partial charge in [-0.2, -0.15) is 0 Å². The molecule has 1 heterocycles. The van der Waals surface area contributed by atoms with E-state index in [-0.39, 0.29) is 12.5 Å². The van der Waals surface area contributed by atoms with Crippen LogP contribution in [0, 0.1) is 5.92 Å². The molecule has 1 aliphatic heterocycles. The van der Waals surface area contributed by atoms with Crippen LogP contribution < -0.4 is 10.6 Å². The van der Waals surface area contributed by atoms with E-state index in [1.165, 1.54) is 17.0 Å². The first-order valence-electron chi connectivity index (χ1n) is 7.88. The van der Waals surface area contributed by atoms with Gasteiger partial charge >= 0.3 is 12.0 Å². The Morgan fingerprint density at radius 3 is 2.24 bits per heavy atom. The van der Waals surface area contributed by atoms with E-state index in [0.717, 1.165) is 0 Å². The molecule has 25 heavy (non-hydrogen) atoms. The lowest BCUT2D eigenvalue weighted by atomic mass is 9.91. The molecule has 1 aromatic carbocycles. The lowest BCUT2D eigenvalue weighted by Crippen LogP contribution is -2.40. The molecule has 2 rings (SSSR count). The van der Waals surface area contributed by atoms with E-state index < -0.39 is 29.4 Å². The summed E-state index contributed by atoms with van der Waals surface area (Å²) in [4.78, 5) is 48.1. The van der Waals surface area contributed by atoms with Crippen LogP contribution >= 0.6 is 0 Å². The van der Waals surface area contributed by atoms with Crippen LogP contribution in [0.25, 0.3) is 0 Å². The third kappa shape index (κ3) is 3.96. The van der Waals surface area contributed by atoms with Gasteiger partial charge in [0.05, 0.1) is 0 Å². The summed E-state index contributed by atoms with van der Waals surface area (Å²) < 4.78 is 0. The molecule has 8 heteroatoms. The number of hydrogen-bond acceptors (Lipinski definition) is 4. The van der Waals surface area contributed by atoms with Gasteiger partial charge in [0.1, 0.15) is 12.1 Å². The zero-order valence-electron chi connectivity index (χ0n) is 14.3. The van der Waals surface area contributed by atoms with Crippen molar-refractivity contribution in [2.75, 3.05) is 13.1 Å². The summed E-state index contributed by atoms with van der Waals surface area (Å²) in [6.45, 7) is 5.30. The predicted octanol–water partition coefficient (Wildman–Crippen LogP) is 0.924. The first kappa shape index (κ1) is 18.4. The fraction of sp³-hybridized carbons (Fsp3) is 0.412. The van der Waals surface area contributed by atoms with Crippen LogP contribution in [0.4, 0.5) is 4.79 Å². The largest absolute Gasteiger partial charge is 0.480 e. The molecule has 1 fully saturated rings. The minimum atomic E-state index is -1.20. The maximum Gasteiger partial charge on any atom is 0.323 e. The number of aliphatic carboxylic acids is 1. The second-order valence-corrected chi connectivity index (χ2v) is 6.58. The number of carbonyl (C=O) groups excluding carboxylic acids is 3. The number of nitrogens with one attached hydrogen (secondary N) is 2. The molecule has 4 amide bonds. The minimum Gasteiger partial charge on any atom is -0.480 e. The fourth-order valence-corrected chi connectivity index (χ4v) is 2.70. The summed E-state index contributed by atoms with van der Waals surface area (Å²) in [6.07, 6.45) is 0. The molecule has 1 saturated heterocycles. The number of urea groups is 1. The fourth-order valence-electron chi connectivity index (χ4n) is 2.70. The van der Waals surface area contributed by atoms with Crippen LogP contribution in [0.2, 0.25) is 0 Å². The summed E-state index contributed by atoms with van der Waals surface area (Å²) in [7, 11) is 0. The van der Waals surface area contributed by atoms with Crippen molar-refractivity contribution in [2.45, 2.75) is 26.3 Å². The molecular weight excluding hydrogens is 326 g/mol. The lowest BCUT2D eigenvalue weighted by molar-refractivity contribution is -0.137. The molecule has 1 unspecified atom stereocenters. The molecule has 1 aromatic rings. The van der Waals surface area contributed by atoms with Gasteiger partial charge in [0.2, 0.25) is 0 Å². The van der Waals surface area contributed by atoms with Crippen molar-refractivity contribution in [3.8, 4) is 0 Å². The number of carboxylic acids is 1. The maximum absolute atomic E-state index is 12.6. The number of amides is 4. The monoisotopic (exact) mass is 347 g/mol. The highest BCUT2D eigenvalue weighted by molar-refractivity contribution is 6.07. The smallest absolute Gasteiger partial charge is 0.323 e. The van der Waals surface area contributed by atoms with E-state index in [1.807, 2.05) is 13.8 Å². The highest BCUT2D eigenvalue weighted by Crippen LogP contribution is 2.24. The van der Waals surface area contributed by atoms with Crippen molar-refractivity contribution in [1.82, 2.24) is 15.5 Å². The average molecular weight is 347 g/mol. The molecule has 1 atom stereocenters. The van der Waals surface area contributed by atoms with Crippen LogP contribution in [0.15, 0.2) is 24.3 Å². The molecule has 0 saturated carbocycles. The van der Waals surface area contributed by atoms with Crippen molar-refractivity contribution < 1.29 is 24.3 Å². The molecule has 8 nitrogen and oxygen atoms in total. The van der Waals surface area contributed by atoms with Gasteiger partial charge in [-0.3, -0.25) is 19.7 Å². The van der Waals surface area contributed by atoms with Gasteiger partial charge < -0.3 is 15.3 Å². The van der Waals surface area contributed by atoms with Gasteiger partial charge in [0.15, 0.2) is 0 Å². The second-order valence-electron chi connectivity index (χ2n) is 6.58. The Morgan fingerprint density at radius 2 is 1.80 bits per heavy atom. The number of nitrogens with zero attached hydrogens (tertiary/aromatic N) is 1. The van der Waals surface area contributed by atoms with E-state index in [0.29, 0.717) is 17.7 Å². The predicted molar refractivity (Wildman–Crippen MR) is 88.8 cm³/mol. The SMILES string of the molecule is CC(C)CN(CC(=O)O)C(=O)c1ccc(C2(C)NC(=O)NC2=O)cc1. The van der Waals surface area contributed by atoms with Gasteiger partial charge in [-0.05, 0) is 30.5 Å². The number of carboxylic acid groups (broad SMARTS) is 1. The number of carbonyl (C=O) groups is 4. The Bertz CT molecular complexity index is 713. The summed E-state index contributed by atoms with van der Waals surface area (Å²) in [6, 6.07) is 5.63. The van der Waals surface area contributed by atoms with Crippen LogP contribution in [0.5, 0.6) is 0 Å². The van der Waals surface area contributed by atoms with Gasteiger partial charge in [-0.25, -0.2) is 4.79 Å². The quantitative estimate of drug-likeness (QED) is 0.662. The molecule has 0 spiro atoms. The maximum atomic E-state index is 12.6. The van der Waals surface area contributed by atoms with Gasteiger partial charge in [-0.1, -0.05) is 26.0 Å². The van der Waals surface area contributed by atoms with E-state index in [1.54, 1.807) is 19.1 Å². The van der Waals surface area contributed by atoms with Crippen molar-refractivity contribution in [3.63, 3.8) is 0 Å². The summed E-state index contributed by atoms with van der Waals surface area (Å²) in [5.74, 6) is -1.82. The average Bonchev–Trinajstić information content (AvgIpc) is 2.78. The Labute approximate surface area is 145 Å². The highest BCUT2D eigenvalue weighted by Gasteiger charge is 2.43. The van der Waals surface area contributed by atoms with Crippen molar-refractivity contribution in [3.05, 3.63) is 35.4 Å². The number of hydrogen-bond donors (Lipinski definition) is 3. The van der Waals surface area contributed by atoms with Gasteiger partial charge in [0, 0.05) is 12.1 Å². The van der Waals surface area contributed by atoms with E-state index in [9.17, 15) is 19.2 Å². The number of benzene rings is 1. The van der Waals surface area contributed by atoms with Crippen molar-refractivity contribution in [2.24, 2.45) is 5.92 Å². The molecule has 0 bridgehead atoms. The molecule has 0 aliphatic carbocycles. The van der Waals surface area contributed by atoms with Gasteiger partial charge in [0.25, 0.3) is 11.8 Å². The van der Waals surface area contributed by atoms with E-state index in [2.05, 4.69) is 10.6 Å². The molecular formula is C17H21N3O5. The normalized spacial score (nSPS) is 19.5. The standard InChI is InChI=1S/C17H21N3O5/c1-10(2)8-20(9-13(21)22)14(23)11-4-6-12(7-5-11)17(3)15(24)18-16(25)19-17/h4-7,10H,8-9H2,1-3H3,(H,21,22)(H2,18,19,24,25). The van der Waals surface area contributed by atoms with Crippen LogP contribution in [0.1, 0.15) is 36.7 Å². The summed E-state index contributed by atoms with van der Waals surface area (Å²) in [5, 5.41) is 13.7. The molecule has 0 radical (unpaired) electrons. The number of imide groups is 1. The second kappa shape index (κ2) is 6.92. The third-order valence-electron chi connectivity index (χ3n) is 3.95. The van der Waals surface area contributed by atoms with Crippen LogP contribution in [-0.4, -0.2) is 46.9 Å². The summed E-state index contributed by atoms with van der Waals surface area (Å²) >= 11 is 0. The Balaban J connectivity index is 2.23. The molecule has 1 aliphatic rings. The lowest BCUT2D eigenvalue weighted by Gasteiger charge is -2.24. The third-order valence-corrected chi connectivity index (χ3v) is 3.95. The summed E-state index contributed by atoms with van der Waals surface area (Å²) in [5.41, 5.74) is -0.350. The number of rotatable bonds is 6. The molecule has 0 aromatic heterocycles. The molecule has 3 N–H and O–H groups in total.